The number of rotatable bonds is 7. The van der Waals surface area contributed by atoms with Crippen LogP contribution < -0.4 is 22.3 Å². The lowest BCUT2D eigenvalue weighted by Gasteiger charge is -2.25. The number of anilines is 1. The van der Waals surface area contributed by atoms with Crippen molar-refractivity contribution in [2.24, 2.45) is 14.1 Å². The number of carbonyl (C=O) groups is 3. The number of urea groups is 1. The van der Waals surface area contributed by atoms with Crippen LogP contribution in [-0.4, -0.2) is 43.8 Å². The van der Waals surface area contributed by atoms with E-state index in [2.05, 4.69) is 5.32 Å². The molecule has 3 amide bonds. The quantitative estimate of drug-likeness (QED) is 0.495. The maximum atomic E-state index is 12.9. The number of imide groups is 1. The van der Waals surface area contributed by atoms with Crippen molar-refractivity contribution >= 4 is 23.5 Å². The fraction of sp³-hybridized carbons (Fsp3) is 0.588. The lowest BCUT2D eigenvalue weighted by atomic mass is 9.88. The molecule has 1 saturated heterocycles. The Kier molecular flexibility index (Phi) is 5.57. The molecule has 10 heteroatoms. The summed E-state index contributed by atoms with van der Waals surface area (Å²) in [6.45, 7) is 3.19. The van der Waals surface area contributed by atoms with E-state index in [0.717, 1.165) is 14.0 Å². The summed E-state index contributed by atoms with van der Waals surface area (Å²) in [6, 6.07) is -0.671. The van der Waals surface area contributed by atoms with Gasteiger partial charge in [0.25, 0.3) is 11.5 Å². The highest BCUT2D eigenvalue weighted by Crippen LogP contribution is 2.28. The summed E-state index contributed by atoms with van der Waals surface area (Å²) in [5.74, 6) is -1.57. The predicted molar refractivity (Wildman–Crippen MR) is 98.5 cm³/mol. The number of aromatic nitrogens is 2. The Labute approximate surface area is 155 Å². The van der Waals surface area contributed by atoms with Crippen LogP contribution in [0.1, 0.15) is 49.9 Å². The van der Waals surface area contributed by atoms with Crippen molar-refractivity contribution in [2.45, 2.75) is 45.1 Å². The normalized spacial score (nSPS) is 15.9. The zero-order valence-corrected chi connectivity index (χ0v) is 16.0. The molecule has 1 aliphatic rings. The Balaban J connectivity index is 2.40. The van der Waals surface area contributed by atoms with Crippen molar-refractivity contribution in [1.82, 2.24) is 19.4 Å². The maximum Gasteiger partial charge on any atom is 0.332 e. The van der Waals surface area contributed by atoms with Gasteiger partial charge in [0, 0.05) is 14.1 Å². The Morgan fingerprint density at radius 3 is 2.11 bits per heavy atom. The molecule has 1 aromatic heterocycles. The molecule has 10 nitrogen and oxygen atoms in total. The molecule has 1 fully saturated rings. The third-order valence-corrected chi connectivity index (χ3v) is 4.89. The highest BCUT2D eigenvalue weighted by Gasteiger charge is 2.50. The van der Waals surface area contributed by atoms with E-state index in [4.69, 9.17) is 5.73 Å². The van der Waals surface area contributed by atoms with Crippen LogP contribution in [0.3, 0.4) is 0 Å². The van der Waals surface area contributed by atoms with Gasteiger partial charge in [-0.1, -0.05) is 26.7 Å². The number of nitrogens with zero attached hydrogens (tertiary/aromatic N) is 3. The highest BCUT2D eigenvalue weighted by molar-refractivity contribution is 6.11. The smallest absolute Gasteiger partial charge is 0.332 e. The summed E-state index contributed by atoms with van der Waals surface area (Å²) in [6.07, 6.45) is 2.28. The van der Waals surface area contributed by atoms with Gasteiger partial charge < -0.3 is 11.1 Å². The molecule has 2 heterocycles. The zero-order chi connectivity index (χ0) is 20.5. The minimum absolute atomic E-state index is 0.298. The van der Waals surface area contributed by atoms with E-state index >= 15 is 0 Å². The van der Waals surface area contributed by atoms with E-state index in [1.54, 1.807) is 0 Å². The van der Waals surface area contributed by atoms with Gasteiger partial charge in [0.15, 0.2) is 5.78 Å². The van der Waals surface area contributed by atoms with Gasteiger partial charge in [0.2, 0.25) is 0 Å². The van der Waals surface area contributed by atoms with E-state index in [-0.39, 0.29) is 5.82 Å². The molecule has 0 atom stereocenters. The van der Waals surface area contributed by atoms with Crippen LogP contribution in [-0.2, 0) is 18.9 Å². The lowest BCUT2D eigenvalue weighted by Crippen LogP contribution is -2.47. The van der Waals surface area contributed by atoms with E-state index in [1.807, 2.05) is 13.8 Å². The van der Waals surface area contributed by atoms with Crippen LogP contribution in [0.2, 0.25) is 0 Å². The molecule has 2 rings (SSSR count). The van der Waals surface area contributed by atoms with Crippen molar-refractivity contribution in [3.63, 3.8) is 0 Å². The SMILES string of the molecule is CCCC1(CCC)NC(=O)N(CC(=O)c2c(N)n(C)c(=O)n(C)c2=O)C1=O. The van der Waals surface area contributed by atoms with E-state index < -0.39 is 46.6 Å². The summed E-state index contributed by atoms with van der Waals surface area (Å²) in [4.78, 5) is 62.9. The first-order chi connectivity index (χ1) is 12.6. The summed E-state index contributed by atoms with van der Waals surface area (Å²) >= 11 is 0. The number of nitrogen functional groups attached to an aromatic ring is 1. The second-order valence-electron chi connectivity index (χ2n) is 6.79. The summed E-state index contributed by atoms with van der Waals surface area (Å²) < 4.78 is 1.73. The van der Waals surface area contributed by atoms with Crippen molar-refractivity contribution in [3.05, 3.63) is 26.4 Å². The number of nitrogens with two attached hydrogens (primary N) is 1. The molecule has 1 aliphatic heterocycles. The zero-order valence-electron chi connectivity index (χ0n) is 16.0. The standard InChI is InChI=1S/C17H25N5O5/c1-5-7-17(8-6-2)14(25)22(15(26)19-17)9-10(23)11-12(18)20(3)16(27)21(4)13(11)24/h5-9,18H2,1-4H3,(H,19,26). The molecule has 0 unspecified atom stereocenters. The average molecular weight is 379 g/mol. The first-order valence-electron chi connectivity index (χ1n) is 8.84. The summed E-state index contributed by atoms with van der Waals surface area (Å²) in [5.41, 5.74) is 2.80. The molecule has 0 bridgehead atoms. The minimum atomic E-state index is -1.03. The molecular formula is C17H25N5O5. The maximum absolute atomic E-state index is 12.9. The molecular weight excluding hydrogens is 354 g/mol. The van der Waals surface area contributed by atoms with Gasteiger partial charge >= 0.3 is 11.7 Å². The first kappa shape index (κ1) is 20.4. The van der Waals surface area contributed by atoms with Gasteiger partial charge in [-0.3, -0.25) is 28.4 Å². The second-order valence-corrected chi connectivity index (χ2v) is 6.79. The number of Topliss-reactive ketones (excluding diaryl/α,β-unsaturated/α-hetero) is 1. The highest BCUT2D eigenvalue weighted by atomic mass is 16.2. The Morgan fingerprint density at radius 1 is 1.04 bits per heavy atom. The monoisotopic (exact) mass is 379 g/mol. The first-order valence-corrected chi connectivity index (χ1v) is 8.84. The number of hydrogen-bond acceptors (Lipinski definition) is 6. The fourth-order valence-corrected chi connectivity index (χ4v) is 3.48. The predicted octanol–water partition coefficient (Wildman–Crippen LogP) is -0.260. The van der Waals surface area contributed by atoms with Crippen molar-refractivity contribution in [3.8, 4) is 0 Å². The lowest BCUT2D eigenvalue weighted by molar-refractivity contribution is -0.131. The molecule has 0 aromatic carbocycles. The van der Waals surface area contributed by atoms with Crippen LogP contribution in [0.4, 0.5) is 10.6 Å². The van der Waals surface area contributed by atoms with Gasteiger partial charge in [-0.25, -0.2) is 9.59 Å². The fourth-order valence-electron chi connectivity index (χ4n) is 3.48. The third-order valence-electron chi connectivity index (χ3n) is 4.89. The molecule has 3 N–H and O–H groups in total. The molecule has 148 valence electrons. The number of nitrogens with one attached hydrogen (secondary N) is 1. The number of ketones is 1. The summed E-state index contributed by atoms with van der Waals surface area (Å²) in [5, 5.41) is 2.70. The Morgan fingerprint density at radius 2 is 1.59 bits per heavy atom. The number of carbonyl (C=O) groups excluding carboxylic acids is 3. The van der Waals surface area contributed by atoms with Crippen molar-refractivity contribution in [2.75, 3.05) is 12.3 Å². The Bertz CT molecular complexity index is 908. The molecule has 27 heavy (non-hydrogen) atoms. The molecule has 1 aromatic rings. The third kappa shape index (κ3) is 3.26. The van der Waals surface area contributed by atoms with E-state index in [1.165, 1.54) is 14.1 Å². The second kappa shape index (κ2) is 7.37. The van der Waals surface area contributed by atoms with Gasteiger partial charge in [-0.2, -0.15) is 0 Å². The molecule has 0 saturated carbocycles. The number of hydrogen-bond donors (Lipinski definition) is 2. The van der Waals surface area contributed by atoms with Gasteiger partial charge in [0.05, 0.1) is 6.54 Å². The molecule has 0 radical (unpaired) electrons. The van der Waals surface area contributed by atoms with E-state index in [9.17, 15) is 24.0 Å². The minimum Gasteiger partial charge on any atom is -0.384 e. The summed E-state index contributed by atoms with van der Waals surface area (Å²) in [7, 11) is 2.55. The van der Waals surface area contributed by atoms with Crippen LogP contribution in [0.5, 0.6) is 0 Å². The van der Waals surface area contributed by atoms with Crippen molar-refractivity contribution < 1.29 is 14.4 Å². The van der Waals surface area contributed by atoms with Crippen molar-refractivity contribution in [1.29, 1.82) is 0 Å². The largest absolute Gasteiger partial charge is 0.384 e. The topological polar surface area (TPSA) is 136 Å². The molecule has 0 aliphatic carbocycles. The van der Waals surface area contributed by atoms with Gasteiger partial charge in [-0.15, -0.1) is 0 Å². The Hall–Kier alpha value is -2.91. The number of amides is 3. The van der Waals surface area contributed by atoms with Gasteiger partial charge in [0.1, 0.15) is 16.9 Å². The van der Waals surface area contributed by atoms with Crippen LogP contribution in [0, 0.1) is 0 Å². The van der Waals surface area contributed by atoms with Crippen LogP contribution >= 0.6 is 0 Å². The molecule has 0 spiro atoms. The van der Waals surface area contributed by atoms with Crippen LogP contribution in [0.25, 0.3) is 0 Å². The van der Waals surface area contributed by atoms with Crippen LogP contribution in [0.15, 0.2) is 9.59 Å². The van der Waals surface area contributed by atoms with E-state index in [0.29, 0.717) is 25.7 Å². The van der Waals surface area contributed by atoms with Gasteiger partial charge in [-0.05, 0) is 12.8 Å². The average Bonchev–Trinajstić information content (AvgIpc) is 2.83.